The first-order valence-electron chi connectivity index (χ1n) is 6.28. The SMILES string of the molecule is CN/C=C(C=C(C)C)/C(C)=N/c1cc(Cl)ccc1C. The topological polar surface area (TPSA) is 24.4 Å². The van der Waals surface area contributed by atoms with Crippen molar-refractivity contribution >= 4 is 23.0 Å². The summed E-state index contributed by atoms with van der Waals surface area (Å²) in [4.78, 5) is 4.67. The van der Waals surface area contributed by atoms with Crippen molar-refractivity contribution < 1.29 is 0 Å². The normalized spacial score (nSPS) is 12.3. The molecule has 0 saturated carbocycles. The molecule has 2 nitrogen and oxygen atoms in total. The van der Waals surface area contributed by atoms with Crippen molar-refractivity contribution in [3.05, 3.63) is 52.2 Å². The summed E-state index contributed by atoms with van der Waals surface area (Å²) >= 11 is 6.02. The van der Waals surface area contributed by atoms with Gasteiger partial charge in [0.2, 0.25) is 0 Å². The van der Waals surface area contributed by atoms with Crippen LogP contribution >= 0.6 is 11.6 Å². The molecular formula is C16H21ClN2. The Morgan fingerprint density at radius 3 is 2.53 bits per heavy atom. The first-order valence-corrected chi connectivity index (χ1v) is 6.66. The maximum atomic E-state index is 6.02. The molecule has 0 aliphatic carbocycles. The zero-order valence-electron chi connectivity index (χ0n) is 12.2. The molecular weight excluding hydrogens is 256 g/mol. The van der Waals surface area contributed by atoms with Gasteiger partial charge in [-0.2, -0.15) is 0 Å². The minimum absolute atomic E-state index is 0.707. The Labute approximate surface area is 120 Å². The molecule has 1 aromatic carbocycles. The minimum Gasteiger partial charge on any atom is -0.393 e. The van der Waals surface area contributed by atoms with Gasteiger partial charge in [-0.15, -0.1) is 0 Å². The fraction of sp³-hybridized carbons (Fsp3) is 0.312. The number of hydrogen-bond donors (Lipinski definition) is 1. The van der Waals surface area contributed by atoms with Gasteiger partial charge in [0, 0.05) is 29.6 Å². The van der Waals surface area contributed by atoms with Crippen LogP contribution in [0, 0.1) is 6.92 Å². The van der Waals surface area contributed by atoms with Crippen LogP contribution in [0.1, 0.15) is 26.3 Å². The van der Waals surface area contributed by atoms with E-state index in [4.69, 9.17) is 11.6 Å². The number of aliphatic imine (C=N–C) groups is 1. The van der Waals surface area contributed by atoms with E-state index in [9.17, 15) is 0 Å². The molecule has 1 aromatic rings. The Hall–Kier alpha value is -1.54. The second-order valence-electron chi connectivity index (χ2n) is 4.74. The van der Waals surface area contributed by atoms with E-state index in [1.54, 1.807) is 0 Å². The number of nitrogens with zero attached hydrogens (tertiary/aromatic N) is 1. The average molecular weight is 277 g/mol. The molecule has 1 rings (SSSR count). The van der Waals surface area contributed by atoms with E-state index in [0.717, 1.165) is 22.5 Å². The van der Waals surface area contributed by atoms with Crippen molar-refractivity contribution in [2.75, 3.05) is 7.05 Å². The summed E-state index contributed by atoms with van der Waals surface area (Å²) in [6, 6.07) is 5.75. The lowest BCUT2D eigenvalue weighted by Crippen LogP contribution is -2.02. The van der Waals surface area contributed by atoms with Gasteiger partial charge in [0.1, 0.15) is 0 Å². The smallest absolute Gasteiger partial charge is 0.0677 e. The molecule has 0 aliphatic heterocycles. The Morgan fingerprint density at radius 2 is 1.95 bits per heavy atom. The molecule has 0 radical (unpaired) electrons. The molecule has 0 spiro atoms. The molecule has 0 saturated heterocycles. The highest BCUT2D eigenvalue weighted by molar-refractivity contribution is 6.30. The molecule has 1 N–H and O–H groups in total. The van der Waals surface area contributed by atoms with E-state index >= 15 is 0 Å². The van der Waals surface area contributed by atoms with Crippen molar-refractivity contribution in [2.24, 2.45) is 4.99 Å². The molecule has 0 atom stereocenters. The Kier molecular flexibility index (Phi) is 5.84. The van der Waals surface area contributed by atoms with Gasteiger partial charge < -0.3 is 5.32 Å². The third-order valence-corrected chi connectivity index (χ3v) is 2.86. The fourth-order valence-electron chi connectivity index (χ4n) is 1.67. The lowest BCUT2D eigenvalue weighted by molar-refractivity contribution is 1.09. The fourth-order valence-corrected chi connectivity index (χ4v) is 1.83. The van der Waals surface area contributed by atoms with Crippen molar-refractivity contribution in [3.8, 4) is 0 Å². The number of benzene rings is 1. The maximum absolute atomic E-state index is 6.02. The van der Waals surface area contributed by atoms with Crippen LogP contribution in [0.15, 0.2) is 46.6 Å². The van der Waals surface area contributed by atoms with Crippen LogP contribution in [0.5, 0.6) is 0 Å². The molecule has 0 aromatic heterocycles. The van der Waals surface area contributed by atoms with Crippen molar-refractivity contribution in [1.82, 2.24) is 5.32 Å². The molecule has 19 heavy (non-hydrogen) atoms. The molecule has 0 fully saturated rings. The zero-order chi connectivity index (χ0) is 14.4. The highest BCUT2D eigenvalue weighted by Crippen LogP contribution is 2.24. The van der Waals surface area contributed by atoms with Crippen LogP contribution in [-0.2, 0) is 0 Å². The van der Waals surface area contributed by atoms with Crippen LogP contribution in [0.3, 0.4) is 0 Å². The standard InChI is InChI=1S/C16H21ClN2/c1-11(2)8-14(10-18-5)13(4)19-16-9-15(17)7-6-12(16)3/h6-10,18H,1-5H3/b14-10+,19-13+. The quantitative estimate of drug-likeness (QED) is 0.619. The third kappa shape index (κ3) is 4.92. The van der Waals surface area contributed by atoms with Crippen molar-refractivity contribution in [3.63, 3.8) is 0 Å². The maximum Gasteiger partial charge on any atom is 0.0677 e. The number of allylic oxidation sites excluding steroid dienone is 3. The second kappa shape index (κ2) is 7.15. The molecule has 0 aliphatic rings. The van der Waals surface area contributed by atoms with E-state index in [1.165, 1.54) is 5.57 Å². The summed E-state index contributed by atoms with van der Waals surface area (Å²) in [5, 5.41) is 3.76. The van der Waals surface area contributed by atoms with E-state index in [2.05, 4.69) is 30.2 Å². The van der Waals surface area contributed by atoms with Gasteiger partial charge in [0.15, 0.2) is 0 Å². The Morgan fingerprint density at radius 1 is 1.26 bits per heavy atom. The Balaban J connectivity index is 3.19. The van der Waals surface area contributed by atoms with Gasteiger partial charge in [-0.05, 0) is 45.4 Å². The summed E-state index contributed by atoms with van der Waals surface area (Å²) in [6.45, 7) is 8.18. The highest BCUT2D eigenvalue weighted by Gasteiger charge is 2.02. The zero-order valence-corrected chi connectivity index (χ0v) is 13.0. The number of aryl methyl sites for hydroxylation is 1. The number of nitrogens with one attached hydrogen (secondary N) is 1. The molecule has 3 heteroatoms. The molecule has 0 amide bonds. The van der Waals surface area contributed by atoms with Crippen LogP contribution in [-0.4, -0.2) is 12.8 Å². The summed E-state index contributed by atoms with van der Waals surface area (Å²) in [6.07, 6.45) is 4.06. The average Bonchev–Trinajstić information content (AvgIpc) is 2.32. The minimum atomic E-state index is 0.707. The third-order valence-electron chi connectivity index (χ3n) is 2.62. The summed E-state index contributed by atoms with van der Waals surface area (Å²) in [7, 11) is 1.89. The van der Waals surface area contributed by atoms with Crippen LogP contribution in [0.4, 0.5) is 5.69 Å². The molecule has 0 bridgehead atoms. The van der Waals surface area contributed by atoms with Crippen molar-refractivity contribution in [1.29, 1.82) is 0 Å². The molecule has 0 unspecified atom stereocenters. The lowest BCUT2D eigenvalue weighted by Gasteiger charge is -2.06. The Bertz CT molecular complexity index is 536. The lowest BCUT2D eigenvalue weighted by atomic mass is 10.1. The predicted molar refractivity (Wildman–Crippen MR) is 85.5 cm³/mol. The predicted octanol–water partition coefficient (Wildman–Crippen LogP) is 4.81. The summed E-state index contributed by atoms with van der Waals surface area (Å²) in [5.41, 5.74) is 5.29. The van der Waals surface area contributed by atoms with Crippen LogP contribution in [0.25, 0.3) is 0 Å². The van der Waals surface area contributed by atoms with Crippen LogP contribution in [0.2, 0.25) is 5.02 Å². The summed E-state index contributed by atoms with van der Waals surface area (Å²) < 4.78 is 0. The van der Waals surface area contributed by atoms with E-state index in [-0.39, 0.29) is 0 Å². The van der Waals surface area contributed by atoms with Gasteiger partial charge in [-0.1, -0.05) is 29.3 Å². The van der Waals surface area contributed by atoms with Gasteiger partial charge in [0.25, 0.3) is 0 Å². The van der Waals surface area contributed by atoms with Gasteiger partial charge in [-0.3, -0.25) is 4.99 Å². The largest absolute Gasteiger partial charge is 0.393 e. The first-order chi connectivity index (χ1) is 8.93. The highest BCUT2D eigenvalue weighted by atomic mass is 35.5. The van der Waals surface area contributed by atoms with Gasteiger partial charge in [0.05, 0.1) is 5.69 Å². The monoisotopic (exact) mass is 276 g/mol. The number of rotatable bonds is 4. The van der Waals surface area contributed by atoms with E-state index < -0.39 is 0 Å². The van der Waals surface area contributed by atoms with E-state index in [0.29, 0.717) is 5.02 Å². The van der Waals surface area contributed by atoms with Crippen LogP contribution < -0.4 is 5.32 Å². The first kappa shape index (κ1) is 15.5. The molecule has 0 heterocycles. The summed E-state index contributed by atoms with van der Waals surface area (Å²) in [5.74, 6) is 0. The van der Waals surface area contributed by atoms with E-state index in [1.807, 2.05) is 45.3 Å². The number of halogens is 1. The second-order valence-corrected chi connectivity index (χ2v) is 5.17. The number of hydrogen-bond acceptors (Lipinski definition) is 2. The van der Waals surface area contributed by atoms with Gasteiger partial charge in [-0.25, -0.2) is 0 Å². The van der Waals surface area contributed by atoms with Crippen molar-refractivity contribution in [2.45, 2.75) is 27.7 Å². The molecule has 102 valence electrons. The van der Waals surface area contributed by atoms with Gasteiger partial charge >= 0.3 is 0 Å².